The third-order valence-electron chi connectivity index (χ3n) is 3.27. The van der Waals surface area contributed by atoms with Crippen LogP contribution in [0.2, 0.25) is 0 Å². The molecule has 1 aliphatic carbocycles. The van der Waals surface area contributed by atoms with E-state index in [1.54, 1.807) is 13.2 Å². The number of ether oxygens (including phenoxy) is 1. The van der Waals surface area contributed by atoms with Gasteiger partial charge in [-0.2, -0.15) is 0 Å². The molecule has 0 spiro atoms. The van der Waals surface area contributed by atoms with Crippen molar-refractivity contribution in [2.24, 2.45) is 5.41 Å². The van der Waals surface area contributed by atoms with Crippen molar-refractivity contribution in [3.63, 3.8) is 0 Å². The van der Waals surface area contributed by atoms with Crippen LogP contribution in [0.25, 0.3) is 6.08 Å². The molecule has 100 valence electrons. The van der Waals surface area contributed by atoms with E-state index in [-0.39, 0.29) is 11.2 Å². The Morgan fingerprint density at radius 2 is 2.00 bits per heavy atom. The summed E-state index contributed by atoms with van der Waals surface area (Å²) in [4.78, 5) is 11.7. The van der Waals surface area contributed by atoms with E-state index in [9.17, 15) is 4.79 Å². The van der Waals surface area contributed by atoms with Gasteiger partial charge in [-0.3, -0.25) is 4.79 Å². The average molecular weight is 256 g/mol. The first kappa shape index (κ1) is 13.6. The van der Waals surface area contributed by atoms with Crippen molar-refractivity contribution in [2.75, 3.05) is 7.11 Å². The van der Waals surface area contributed by atoms with E-state index in [2.05, 4.69) is 13.8 Å². The summed E-state index contributed by atoms with van der Waals surface area (Å²) in [6.07, 6.45) is 7.42. The fraction of sp³-hybridized carbons (Fsp3) is 0.353. The molecule has 2 rings (SSSR count). The van der Waals surface area contributed by atoms with Crippen LogP contribution in [0.15, 0.2) is 42.0 Å². The van der Waals surface area contributed by atoms with Crippen molar-refractivity contribution >= 4 is 11.9 Å². The SMILES string of the molecule is COc1cccc(C=CC2=CC(=O)CC(C)(C)C2)c1. The number of benzene rings is 1. The largest absolute Gasteiger partial charge is 0.497 e. The second-order valence-electron chi connectivity index (χ2n) is 5.81. The van der Waals surface area contributed by atoms with Gasteiger partial charge in [-0.1, -0.05) is 38.1 Å². The van der Waals surface area contributed by atoms with Crippen LogP contribution in [0.4, 0.5) is 0 Å². The molecule has 0 N–H and O–H groups in total. The summed E-state index contributed by atoms with van der Waals surface area (Å²) in [5, 5.41) is 0. The van der Waals surface area contributed by atoms with Crippen molar-refractivity contribution in [1.29, 1.82) is 0 Å². The number of methoxy groups -OCH3 is 1. The normalized spacial score (nSPS) is 18.5. The molecular weight excluding hydrogens is 236 g/mol. The maximum atomic E-state index is 11.7. The predicted octanol–water partition coefficient (Wildman–Crippen LogP) is 4.02. The second-order valence-corrected chi connectivity index (χ2v) is 5.81. The molecule has 0 amide bonds. The molecule has 1 aromatic rings. The molecule has 0 unspecified atom stereocenters. The molecule has 2 heteroatoms. The summed E-state index contributed by atoms with van der Waals surface area (Å²) >= 11 is 0. The number of hydrogen-bond donors (Lipinski definition) is 0. The smallest absolute Gasteiger partial charge is 0.156 e. The first-order valence-electron chi connectivity index (χ1n) is 6.54. The molecule has 0 aromatic heterocycles. The van der Waals surface area contributed by atoms with Gasteiger partial charge in [0, 0.05) is 6.42 Å². The van der Waals surface area contributed by atoms with Crippen molar-refractivity contribution in [1.82, 2.24) is 0 Å². The van der Waals surface area contributed by atoms with Crippen LogP contribution < -0.4 is 4.74 Å². The minimum Gasteiger partial charge on any atom is -0.497 e. The van der Waals surface area contributed by atoms with Crippen LogP contribution in [-0.2, 0) is 4.79 Å². The molecule has 1 aromatic carbocycles. The number of rotatable bonds is 3. The fourth-order valence-corrected chi connectivity index (χ4v) is 2.45. The van der Waals surface area contributed by atoms with Gasteiger partial charge in [0.25, 0.3) is 0 Å². The maximum Gasteiger partial charge on any atom is 0.156 e. The van der Waals surface area contributed by atoms with E-state index < -0.39 is 0 Å². The second kappa shape index (κ2) is 5.43. The number of hydrogen-bond acceptors (Lipinski definition) is 2. The first-order chi connectivity index (χ1) is 8.98. The zero-order chi connectivity index (χ0) is 13.9. The molecule has 0 atom stereocenters. The molecular formula is C17H20O2. The summed E-state index contributed by atoms with van der Waals surface area (Å²) < 4.78 is 5.19. The van der Waals surface area contributed by atoms with Gasteiger partial charge >= 0.3 is 0 Å². The lowest BCUT2D eigenvalue weighted by Crippen LogP contribution is -2.21. The summed E-state index contributed by atoms with van der Waals surface area (Å²) in [6, 6.07) is 7.88. The highest BCUT2D eigenvalue weighted by Gasteiger charge is 2.26. The fourth-order valence-electron chi connectivity index (χ4n) is 2.45. The molecule has 0 aliphatic heterocycles. The third-order valence-corrected chi connectivity index (χ3v) is 3.27. The zero-order valence-electron chi connectivity index (χ0n) is 11.8. The van der Waals surface area contributed by atoms with Crippen LogP contribution in [0.3, 0.4) is 0 Å². The van der Waals surface area contributed by atoms with Gasteiger partial charge in [0.15, 0.2) is 5.78 Å². The molecule has 19 heavy (non-hydrogen) atoms. The van der Waals surface area contributed by atoms with E-state index in [1.807, 2.05) is 36.4 Å². The van der Waals surface area contributed by atoms with Crippen molar-refractivity contribution in [2.45, 2.75) is 26.7 Å². The highest BCUT2D eigenvalue weighted by molar-refractivity contribution is 5.92. The zero-order valence-corrected chi connectivity index (χ0v) is 11.8. The van der Waals surface area contributed by atoms with Gasteiger partial charge in [0.2, 0.25) is 0 Å². The third kappa shape index (κ3) is 3.82. The van der Waals surface area contributed by atoms with Gasteiger partial charge < -0.3 is 4.74 Å². The summed E-state index contributed by atoms with van der Waals surface area (Å²) in [5.41, 5.74) is 2.25. The molecule has 0 bridgehead atoms. The van der Waals surface area contributed by atoms with Crippen LogP contribution in [0, 0.1) is 5.41 Å². The van der Waals surface area contributed by atoms with Crippen LogP contribution in [-0.4, -0.2) is 12.9 Å². The maximum absolute atomic E-state index is 11.7. The Labute approximate surface area is 114 Å². The highest BCUT2D eigenvalue weighted by atomic mass is 16.5. The number of carbonyl (C=O) groups is 1. The Bertz CT molecular complexity index is 536. The first-order valence-corrected chi connectivity index (χ1v) is 6.54. The predicted molar refractivity (Wildman–Crippen MR) is 78.1 cm³/mol. The summed E-state index contributed by atoms with van der Waals surface area (Å²) in [6.45, 7) is 4.27. The van der Waals surface area contributed by atoms with Crippen molar-refractivity contribution < 1.29 is 9.53 Å². The number of carbonyl (C=O) groups excluding carboxylic acids is 1. The van der Waals surface area contributed by atoms with E-state index in [0.29, 0.717) is 6.42 Å². The minimum atomic E-state index is 0.0693. The van der Waals surface area contributed by atoms with E-state index in [1.165, 1.54) is 0 Å². The standard InChI is InChI=1S/C17H20O2/c1-17(2)11-14(9-15(18)12-17)8-7-13-5-4-6-16(10-13)19-3/h4-10H,11-12H2,1-3H3. The van der Waals surface area contributed by atoms with E-state index in [0.717, 1.165) is 23.3 Å². The van der Waals surface area contributed by atoms with E-state index in [4.69, 9.17) is 4.74 Å². The highest BCUT2D eigenvalue weighted by Crippen LogP contribution is 2.34. The Hall–Kier alpha value is -1.83. The quantitative estimate of drug-likeness (QED) is 0.816. The summed E-state index contributed by atoms with van der Waals surface area (Å²) in [7, 11) is 1.66. The topological polar surface area (TPSA) is 26.3 Å². The summed E-state index contributed by atoms with van der Waals surface area (Å²) in [5.74, 6) is 1.07. The number of allylic oxidation sites excluding steroid dienone is 3. The van der Waals surface area contributed by atoms with Crippen LogP contribution in [0.5, 0.6) is 5.75 Å². The van der Waals surface area contributed by atoms with Crippen LogP contribution in [0.1, 0.15) is 32.3 Å². The lowest BCUT2D eigenvalue weighted by atomic mass is 9.77. The Morgan fingerprint density at radius 1 is 1.21 bits per heavy atom. The molecule has 0 heterocycles. The lowest BCUT2D eigenvalue weighted by Gasteiger charge is -2.27. The van der Waals surface area contributed by atoms with Gasteiger partial charge in [0.05, 0.1) is 7.11 Å². The number of ketones is 1. The lowest BCUT2D eigenvalue weighted by molar-refractivity contribution is -0.116. The molecule has 0 saturated carbocycles. The Balaban J connectivity index is 2.16. The molecule has 0 radical (unpaired) electrons. The Morgan fingerprint density at radius 3 is 2.68 bits per heavy atom. The van der Waals surface area contributed by atoms with Gasteiger partial charge in [-0.15, -0.1) is 0 Å². The van der Waals surface area contributed by atoms with Gasteiger partial charge in [-0.05, 0) is 41.2 Å². The van der Waals surface area contributed by atoms with Crippen molar-refractivity contribution in [3.8, 4) is 5.75 Å². The Kier molecular flexibility index (Phi) is 3.89. The van der Waals surface area contributed by atoms with Crippen LogP contribution >= 0.6 is 0 Å². The monoisotopic (exact) mass is 256 g/mol. The molecule has 0 saturated heterocycles. The average Bonchev–Trinajstić information content (AvgIpc) is 2.34. The molecule has 0 fully saturated rings. The minimum absolute atomic E-state index is 0.0693. The van der Waals surface area contributed by atoms with E-state index >= 15 is 0 Å². The van der Waals surface area contributed by atoms with Gasteiger partial charge in [0.1, 0.15) is 5.75 Å². The molecule has 2 nitrogen and oxygen atoms in total. The van der Waals surface area contributed by atoms with Gasteiger partial charge in [-0.25, -0.2) is 0 Å². The van der Waals surface area contributed by atoms with Crippen molar-refractivity contribution in [3.05, 3.63) is 47.6 Å². The molecule has 1 aliphatic rings.